The summed E-state index contributed by atoms with van der Waals surface area (Å²) >= 11 is 5.62. The molecule has 2 heterocycles. The number of hydrogen-bond donors (Lipinski definition) is 1. The van der Waals surface area contributed by atoms with Gasteiger partial charge in [0.15, 0.2) is 0 Å². The molecule has 0 radical (unpaired) electrons. The molecule has 118 valence electrons. The van der Waals surface area contributed by atoms with Crippen molar-refractivity contribution in [1.82, 2.24) is 14.9 Å². The molecule has 1 atom stereocenters. The van der Waals surface area contributed by atoms with Crippen molar-refractivity contribution in [1.29, 1.82) is 0 Å². The van der Waals surface area contributed by atoms with Crippen molar-refractivity contribution in [3.8, 4) is 0 Å². The van der Waals surface area contributed by atoms with Crippen molar-refractivity contribution in [2.24, 2.45) is 5.92 Å². The maximum absolute atomic E-state index is 12.6. The van der Waals surface area contributed by atoms with E-state index in [0.29, 0.717) is 18.5 Å². The molecule has 1 aliphatic heterocycles. The molecule has 8 heteroatoms. The van der Waals surface area contributed by atoms with Gasteiger partial charge >= 0.3 is 6.18 Å². The van der Waals surface area contributed by atoms with Crippen molar-refractivity contribution >= 4 is 17.4 Å². The zero-order chi connectivity index (χ0) is 15.6. The summed E-state index contributed by atoms with van der Waals surface area (Å²) in [4.78, 5) is 9.02. The first-order valence-corrected chi connectivity index (χ1v) is 7.23. The standard InChI is InChI=1S/C13H18ClF3N4/c1-8(2)21-4-3-9(7-21)6-18-11-5-10(14)19-12(20-11)13(15,16)17/h5,8-9H,3-4,6-7H2,1-2H3,(H,18,19,20). The second-order valence-electron chi connectivity index (χ2n) is 5.52. The minimum atomic E-state index is -4.59. The lowest BCUT2D eigenvalue weighted by Gasteiger charge is -2.20. The molecule has 0 amide bonds. The van der Waals surface area contributed by atoms with Crippen molar-refractivity contribution in [3.63, 3.8) is 0 Å². The molecule has 2 rings (SSSR count). The molecule has 0 aliphatic carbocycles. The van der Waals surface area contributed by atoms with E-state index >= 15 is 0 Å². The van der Waals surface area contributed by atoms with Gasteiger partial charge in [0.25, 0.3) is 0 Å². The van der Waals surface area contributed by atoms with Crippen LogP contribution in [0, 0.1) is 5.92 Å². The quantitative estimate of drug-likeness (QED) is 0.864. The average Bonchev–Trinajstić information content (AvgIpc) is 2.83. The Kier molecular flexibility index (Phi) is 4.93. The number of aromatic nitrogens is 2. The van der Waals surface area contributed by atoms with Gasteiger partial charge in [0.05, 0.1) is 0 Å². The second-order valence-corrected chi connectivity index (χ2v) is 5.91. The summed E-state index contributed by atoms with van der Waals surface area (Å²) in [5.74, 6) is -0.700. The molecule has 1 aliphatic rings. The fraction of sp³-hybridized carbons (Fsp3) is 0.692. The zero-order valence-corrected chi connectivity index (χ0v) is 12.7. The highest BCUT2D eigenvalue weighted by atomic mass is 35.5. The summed E-state index contributed by atoms with van der Waals surface area (Å²) in [5.41, 5.74) is 0. The summed E-state index contributed by atoms with van der Waals surface area (Å²) in [6.45, 7) is 6.80. The van der Waals surface area contributed by atoms with E-state index in [2.05, 4.69) is 34.0 Å². The highest BCUT2D eigenvalue weighted by molar-refractivity contribution is 6.29. The third-order valence-electron chi connectivity index (χ3n) is 3.57. The van der Waals surface area contributed by atoms with E-state index in [1.165, 1.54) is 6.07 Å². The molecule has 1 fully saturated rings. The van der Waals surface area contributed by atoms with E-state index in [1.54, 1.807) is 0 Å². The third kappa shape index (κ3) is 4.44. The van der Waals surface area contributed by atoms with Gasteiger partial charge in [-0.25, -0.2) is 9.97 Å². The molecule has 1 saturated heterocycles. The Hall–Kier alpha value is -1.08. The molecule has 1 aromatic heterocycles. The minimum absolute atomic E-state index is 0.116. The van der Waals surface area contributed by atoms with Crippen LogP contribution < -0.4 is 5.32 Å². The van der Waals surface area contributed by atoms with Crippen LogP contribution in [0.15, 0.2) is 6.07 Å². The largest absolute Gasteiger partial charge is 0.451 e. The predicted molar refractivity (Wildman–Crippen MR) is 75.3 cm³/mol. The maximum atomic E-state index is 12.6. The van der Waals surface area contributed by atoms with Gasteiger partial charge < -0.3 is 10.2 Å². The van der Waals surface area contributed by atoms with Gasteiger partial charge in [-0.1, -0.05) is 11.6 Å². The van der Waals surface area contributed by atoms with E-state index in [-0.39, 0.29) is 11.0 Å². The van der Waals surface area contributed by atoms with Crippen LogP contribution in [-0.2, 0) is 6.18 Å². The van der Waals surface area contributed by atoms with Crippen LogP contribution in [0.3, 0.4) is 0 Å². The lowest BCUT2D eigenvalue weighted by atomic mass is 10.1. The van der Waals surface area contributed by atoms with E-state index in [1.807, 2.05) is 0 Å². The Balaban J connectivity index is 1.96. The van der Waals surface area contributed by atoms with Gasteiger partial charge in [-0.2, -0.15) is 13.2 Å². The van der Waals surface area contributed by atoms with Gasteiger partial charge in [0.2, 0.25) is 5.82 Å². The summed E-state index contributed by atoms with van der Waals surface area (Å²) in [5, 5.41) is 2.72. The summed E-state index contributed by atoms with van der Waals surface area (Å²) in [6.07, 6.45) is -3.57. The molecule has 4 nitrogen and oxygen atoms in total. The van der Waals surface area contributed by atoms with Crippen molar-refractivity contribution in [3.05, 3.63) is 17.0 Å². The normalized spacial score (nSPS) is 20.2. The molecule has 21 heavy (non-hydrogen) atoms. The number of nitrogens with zero attached hydrogens (tertiary/aromatic N) is 3. The Bertz CT molecular complexity index is 493. The first-order chi connectivity index (χ1) is 9.75. The lowest BCUT2D eigenvalue weighted by molar-refractivity contribution is -0.144. The minimum Gasteiger partial charge on any atom is -0.370 e. The summed E-state index contributed by atoms with van der Waals surface area (Å²) in [7, 11) is 0. The van der Waals surface area contributed by atoms with Crippen molar-refractivity contribution < 1.29 is 13.2 Å². The molecular formula is C13H18ClF3N4. The molecular weight excluding hydrogens is 305 g/mol. The van der Waals surface area contributed by atoms with Crippen LogP contribution in [0.2, 0.25) is 5.15 Å². The van der Waals surface area contributed by atoms with Crippen molar-refractivity contribution in [2.75, 3.05) is 25.0 Å². The molecule has 0 spiro atoms. The topological polar surface area (TPSA) is 41.0 Å². The lowest BCUT2D eigenvalue weighted by Crippen LogP contribution is -2.29. The molecule has 1 unspecified atom stereocenters. The van der Waals surface area contributed by atoms with Crippen molar-refractivity contribution in [2.45, 2.75) is 32.5 Å². The van der Waals surface area contributed by atoms with E-state index in [9.17, 15) is 13.2 Å². The number of rotatable bonds is 4. The fourth-order valence-corrected chi connectivity index (χ4v) is 2.57. The Morgan fingerprint density at radius 1 is 1.43 bits per heavy atom. The molecule has 0 saturated carbocycles. The third-order valence-corrected chi connectivity index (χ3v) is 3.76. The van der Waals surface area contributed by atoms with Gasteiger partial charge in [-0.3, -0.25) is 0 Å². The SMILES string of the molecule is CC(C)N1CCC(CNc2cc(Cl)nc(C(F)(F)F)n2)C1. The maximum Gasteiger partial charge on any atom is 0.451 e. The number of hydrogen-bond acceptors (Lipinski definition) is 4. The number of anilines is 1. The first-order valence-electron chi connectivity index (χ1n) is 6.85. The Labute approximate surface area is 126 Å². The molecule has 0 aromatic carbocycles. The smallest absolute Gasteiger partial charge is 0.370 e. The zero-order valence-electron chi connectivity index (χ0n) is 11.9. The van der Waals surface area contributed by atoms with Crippen LogP contribution in [0.25, 0.3) is 0 Å². The highest BCUT2D eigenvalue weighted by Crippen LogP contribution is 2.28. The van der Waals surface area contributed by atoms with E-state index < -0.39 is 12.0 Å². The van der Waals surface area contributed by atoms with Gasteiger partial charge in [0.1, 0.15) is 11.0 Å². The molecule has 1 aromatic rings. The highest BCUT2D eigenvalue weighted by Gasteiger charge is 2.35. The van der Waals surface area contributed by atoms with Crippen LogP contribution in [-0.4, -0.2) is 40.5 Å². The first kappa shape index (κ1) is 16.3. The number of alkyl halides is 3. The van der Waals surface area contributed by atoms with Gasteiger partial charge in [0, 0.05) is 25.2 Å². The Morgan fingerprint density at radius 3 is 2.71 bits per heavy atom. The van der Waals surface area contributed by atoms with Crippen LogP contribution in [0.4, 0.5) is 19.0 Å². The summed E-state index contributed by atoms with van der Waals surface area (Å²) < 4.78 is 37.8. The monoisotopic (exact) mass is 322 g/mol. The molecule has 1 N–H and O–H groups in total. The second kappa shape index (κ2) is 6.36. The van der Waals surface area contributed by atoms with Gasteiger partial charge in [-0.05, 0) is 32.7 Å². The number of likely N-dealkylation sites (tertiary alicyclic amines) is 1. The predicted octanol–water partition coefficient (Wildman–Crippen LogP) is 3.29. The average molecular weight is 323 g/mol. The number of nitrogens with one attached hydrogen (secondary N) is 1. The van der Waals surface area contributed by atoms with E-state index in [0.717, 1.165) is 19.5 Å². The summed E-state index contributed by atoms with van der Waals surface area (Å²) in [6, 6.07) is 1.80. The van der Waals surface area contributed by atoms with Crippen LogP contribution in [0.5, 0.6) is 0 Å². The van der Waals surface area contributed by atoms with Gasteiger partial charge in [-0.15, -0.1) is 0 Å². The van der Waals surface area contributed by atoms with Crippen LogP contribution >= 0.6 is 11.6 Å². The fourth-order valence-electron chi connectivity index (χ4n) is 2.38. The van der Waals surface area contributed by atoms with Crippen LogP contribution in [0.1, 0.15) is 26.1 Å². The number of halogens is 4. The van der Waals surface area contributed by atoms with E-state index in [4.69, 9.17) is 11.6 Å². The Morgan fingerprint density at radius 2 is 2.14 bits per heavy atom. The molecule has 0 bridgehead atoms.